The molecule has 0 radical (unpaired) electrons. The van der Waals surface area contributed by atoms with Crippen molar-refractivity contribution >= 4 is 40.4 Å². The Morgan fingerprint density at radius 2 is 1.24 bits per heavy atom. The maximum atomic E-state index is 12.3. The van der Waals surface area contributed by atoms with Crippen LogP contribution in [-0.4, -0.2) is 34.1 Å². The first-order valence-electron chi connectivity index (χ1n) is 8.50. The van der Waals surface area contributed by atoms with Crippen molar-refractivity contribution in [3.63, 3.8) is 0 Å². The smallest absolute Gasteiger partial charge is 0.228 e. The van der Waals surface area contributed by atoms with Gasteiger partial charge in [-0.05, 0) is 36.4 Å². The van der Waals surface area contributed by atoms with Crippen LogP contribution in [-0.2, 0) is 4.79 Å². The van der Waals surface area contributed by atoms with Crippen molar-refractivity contribution in [2.24, 2.45) is 0 Å². The molecule has 25 heavy (non-hydrogen) atoms. The van der Waals surface area contributed by atoms with Gasteiger partial charge in [-0.3, -0.25) is 9.69 Å². The van der Waals surface area contributed by atoms with E-state index in [4.69, 9.17) is 0 Å². The van der Waals surface area contributed by atoms with Crippen molar-refractivity contribution in [2.75, 3.05) is 42.9 Å². The first-order valence-corrected chi connectivity index (χ1v) is 9.31. The van der Waals surface area contributed by atoms with E-state index in [1.54, 1.807) is 23.6 Å². The van der Waals surface area contributed by atoms with Gasteiger partial charge in [0.05, 0.1) is 11.4 Å². The Bertz CT molecular complexity index is 714. The molecule has 0 bridgehead atoms. The molecule has 4 nitrogen and oxygen atoms in total. The van der Waals surface area contributed by atoms with Gasteiger partial charge >= 0.3 is 0 Å². The van der Waals surface area contributed by atoms with Gasteiger partial charge in [-0.15, -0.1) is 0 Å². The number of amides is 1. The van der Waals surface area contributed by atoms with Gasteiger partial charge in [-0.1, -0.05) is 25.6 Å². The Hall–Kier alpha value is -2.14. The lowest BCUT2D eigenvalue weighted by atomic mass is 10.2. The van der Waals surface area contributed by atoms with Crippen LogP contribution in [0.25, 0.3) is 0 Å². The second kappa shape index (κ2) is 7.83. The lowest BCUT2D eigenvalue weighted by Crippen LogP contribution is -2.26. The van der Waals surface area contributed by atoms with Gasteiger partial charge in [-0.25, -0.2) is 0 Å². The molecule has 0 aromatic heterocycles. The average molecular weight is 358 g/mol. The van der Waals surface area contributed by atoms with Crippen LogP contribution in [0.3, 0.4) is 0 Å². The summed E-state index contributed by atoms with van der Waals surface area (Å²) in [7, 11) is 8.10. The van der Waals surface area contributed by atoms with Crippen molar-refractivity contribution in [1.29, 1.82) is 0 Å². The highest BCUT2D eigenvalue weighted by Gasteiger charge is 2.27. The summed E-state index contributed by atoms with van der Waals surface area (Å²) in [6, 6.07) is 12.4. The van der Waals surface area contributed by atoms with Crippen molar-refractivity contribution in [3.05, 3.63) is 36.4 Å². The number of hydrogen-bond donors (Lipinski definition) is 0. The molecule has 1 aliphatic rings. The Morgan fingerprint density at radius 1 is 0.840 bits per heavy atom. The van der Waals surface area contributed by atoms with E-state index in [2.05, 4.69) is 34.1 Å². The van der Waals surface area contributed by atoms with Gasteiger partial charge in [0.1, 0.15) is 0 Å². The van der Waals surface area contributed by atoms with E-state index in [9.17, 15) is 4.79 Å². The Morgan fingerprint density at radius 3 is 1.56 bits per heavy atom. The molecule has 0 unspecified atom stereocenters. The Labute approximate surface area is 155 Å². The molecular weight excluding hydrogens is 330 g/mol. The fourth-order valence-corrected chi connectivity index (χ4v) is 3.81. The molecule has 0 aliphatic carbocycles. The van der Waals surface area contributed by atoms with Crippen LogP contribution in [0.4, 0.5) is 22.7 Å². The molecular formula is C20H27N3OS. The van der Waals surface area contributed by atoms with Crippen molar-refractivity contribution in [1.82, 2.24) is 0 Å². The number of fused-ring (bicyclic) bond motifs is 2. The predicted molar refractivity (Wildman–Crippen MR) is 110 cm³/mol. The summed E-state index contributed by atoms with van der Waals surface area (Å²) in [6.45, 7) is 5.61. The summed E-state index contributed by atoms with van der Waals surface area (Å²) >= 11 is 1.72. The second-order valence-corrected chi connectivity index (χ2v) is 7.13. The summed E-state index contributed by atoms with van der Waals surface area (Å²) in [4.78, 5) is 20.4. The fourth-order valence-electron chi connectivity index (χ4n) is 2.68. The fraction of sp³-hybridized carbons (Fsp3) is 0.350. The number of carbonyl (C=O) groups is 1. The zero-order valence-electron chi connectivity index (χ0n) is 16.1. The van der Waals surface area contributed by atoms with Gasteiger partial charge in [-0.2, -0.15) is 0 Å². The number of anilines is 4. The van der Waals surface area contributed by atoms with Crippen molar-refractivity contribution < 1.29 is 4.79 Å². The molecule has 1 amide bonds. The molecule has 0 atom stereocenters. The highest BCUT2D eigenvalue weighted by atomic mass is 32.2. The molecule has 5 heteroatoms. The standard InChI is InChI=1S/C18H21N3OS.C2H6/c1-12(22)21-15-8-6-13(19(2)3)10-17(15)23-18-11-14(20(4)5)7-9-16(18)21;1-2/h6-11H,1-5H3;1-2H3. The number of benzene rings is 2. The van der Waals surface area contributed by atoms with Gasteiger partial charge in [0.2, 0.25) is 5.91 Å². The van der Waals surface area contributed by atoms with E-state index < -0.39 is 0 Å². The van der Waals surface area contributed by atoms with Gasteiger partial charge in [0.25, 0.3) is 0 Å². The summed E-state index contributed by atoms with van der Waals surface area (Å²) in [5.41, 5.74) is 4.18. The molecule has 2 aromatic rings. The molecule has 0 N–H and O–H groups in total. The molecule has 1 heterocycles. The summed E-state index contributed by atoms with van der Waals surface area (Å²) in [5, 5.41) is 0. The van der Waals surface area contributed by atoms with Gasteiger partial charge in [0.15, 0.2) is 0 Å². The third-order valence-electron chi connectivity index (χ3n) is 3.94. The number of rotatable bonds is 2. The number of carbonyl (C=O) groups excluding carboxylic acids is 1. The zero-order valence-corrected chi connectivity index (χ0v) is 16.9. The first-order chi connectivity index (χ1) is 11.9. The van der Waals surface area contributed by atoms with Crippen LogP contribution in [0.2, 0.25) is 0 Å². The van der Waals surface area contributed by atoms with Crippen LogP contribution in [0.1, 0.15) is 20.8 Å². The molecule has 2 aromatic carbocycles. The molecule has 0 spiro atoms. The predicted octanol–water partition coefficient (Wildman–Crippen LogP) is 4.99. The minimum Gasteiger partial charge on any atom is -0.378 e. The maximum absolute atomic E-state index is 12.3. The first kappa shape index (κ1) is 19.2. The second-order valence-electron chi connectivity index (χ2n) is 6.05. The Balaban J connectivity index is 0.00000109. The van der Waals surface area contributed by atoms with Crippen LogP contribution in [0.5, 0.6) is 0 Å². The molecule has 0 fully saturated rings. The Kier molecular flexibility index (Phi) is 6.01. The zero-order chi connectivity index (χ0) is 18.7. The lowest BCUT2D eigenvalue weighted by molar-refractivity contribution is -0.115. The monoisotopic (exact) mass is 357 g/mol. The van der Waals surface area contributed by atoms with Crippen molar-refractivity contribution in [2.45, 2.75) is 30.6 Å². The van der Waals surface area contributed by atoms with Gasteiger partial charge < -0.3 is 9.80 Å². The number of hydrogen-bond acceptors (Lipinski definition) is 4. The molecule has 134 valence electrons. The normalized spacial score (nSPS) is 11.7. The van der Waals surface area contributed by atoms with Gasteiger partial charge in [0, 0.05) is 56.3 Å². The SMILES string of the molecule is CC.CC(=O)N1c2ccc(N(C)C)cc2Sc2cc(N(C)C)ccc21. The minimum absolute atomic E-state index is 0.0306. The topological polar surface area (TPSA) is 26.8 Å². The lowest BCUT2D eigenvalue weighted by Gasteiger charge is -2.32. The van der Waals surface area contributed by atoms with Crippen LogP contribution < -0.4 is 14.7 Å². The summed E-state index contributed by atoms with van der Waals surface area (Å²) in [6.07, 6.45) is 0. The average Bonchev–Trinajstić information content (AvgIpc) is 2.59. The number of nitrogens with zero attached hydrogens (tertiary/aromatic N) is 3. The van der Waals surface area contributed by atoms with E-state index in [1.807, 2.05) is 54.2 Å². The largest absolute Gasteiger partial charge is 0.378 e. The third-order valence-corrected chi connectivity index (χ3v) is 5.03. The highest BCUT2D eigenvalue weighted by molar-refractivity contribution is 7.99. The van der Waals surface area contributed by atoms with E-state index in [0.717, 1.165) is 32.5 Å². The van der Waals surface area contributed by atoms with E-state index in [1.165, 1.54) is 0 Å². The van der Waals surface area contributed by atoms with Crippen LogP contribution >= 0.6 is 11.8 Å². The van der Waals surface area contributed by atoms with E-state index in [0.29, 0.717) is 0 Å². The molecule has 1 aliphatic heterocycles. The van der Waals surface area contributed by atoms with E-state index >= 15 is 0 Å². The minimum atomic E-state index is 0.0306. The quantitative estimate of drug-likeness (QED) is 0.756. The highest BCUT2D eigenvalue weighted by Crippen LogP contribution is 2.50. The van der Waals surface area contributed by atoms with Crippen molar-refractivity contribution in [3.8, 4) is 0 Å². The third kappa shape index (κ3) is 3.76. The maximum Gasteiger partial charge on any atom is 0.228 e. The molecule has 0 saturated carbocycles. The van der Waals surface area contributed by atoms with E-state index in [-0.39, 0.29) is 5.91 Å². The summed E-state index contributed by atoms with van der Waals surface area (Å²) in [5.74, 6) is 0.0306. The molecule has 0 saturated heterocycles. The van der Waals surface area contributed by atoms with Crippen LogP contribution in [0, 0.1) is 0 Å². The molecule has 3 rings (SSSR count). The summed E-state index contributed by atoms with van der Waals surface area (Å²) < 4.78 is 0. The van der Waals surface area contributed by atoms with Crippen LogP contribution in [0.15, 0.2) is 46.2 Å².